The number of nitrogens with zero attached hydrogens (tertiary/aromatic N) is 4. The van der Waals surface area contributed by atoms with Gasteiger partial charge in [0.05, 0.1) is 16.6 Å². The second-order valence-electron chi connectivity index (χ2n) is 6.66. The number of aromatic nitrogens is 2. The normalized spacial score (nSPS) is 16.2. The number of sulfonamides is 1. The Morgan fingerprint density at radius 2 is 1.82 bits per heavy atom. The summed E-state index contributed by atoms with van der Waals surface area (Å²) >= 11 is 4.78. The number of fused-ring (bicyclic) bond motifs is 3. The third-order valence-electron chi connectivity index (χ3n) is 5.03. The van der Waals surface area contributed by atoms with E-state index in [1.165, 1.54) is 11.3 Å². The van der Waals surface area contributed by atoms with Crippen molar-refractivity contribution in [2.24, 2.45) is 0 Å². The quantitative estimate of drug-likeness (QED) is 0.450. The number of piperazine rings is 1. The molecule has 0 saturated carbocycles. The summed E-state index contributed by atoms with van der Waals surface area (Å²) in [6.07, 6.45) is 2.04. The number of hydrogen-bond donors (Lipinski definition) is 0. The maximum atomic E-state index is 12.8. The molecule has 6 nitrogen and oxygen atoms in total. The number of benzene rings is 1. The number of halogens is 1. The van der Waals surface area contributed by atoms with E-state index >= 15 is 0 Å². The lowest BCUT2D eigenvalue weighted by Gasteiger charge is -2.34. The molecule has 0 bridgehead atoms. The second kappa shape index (κ2) is 6.84. The van der Waals surface area contributed by atoms with Gasteiger partial charge in [-0.2, -0.15) is 4.31 Å². The largest absolute Gasteiger partial charge is 0.352 e. The van der Waals surface area contributed by atoms with Gasteiger partial charge in [-0.3, -0.25) is 0 Å². The van der Waals surface area contributed by atoms with Crippen LogP contribution in [0.5, 0.6) is 0 Å². The van der Waals surface area contributed by atoms with Crippen LogP contribution in [-0.4, -0.2) is 48.3 Å². The molecular formula is C19H17BrN4O2S2. The van der Waals surface area contributed by atoms with E-state index in [0.29, 0.717) is 30.4 Å². The molecule has 1 aliphatic rings. The van der Waals surface area contributed by atoms with E-state index in [0.717, 1.165) is 26.8 Å². The minimum Gasteiger partial charge on any atom is -0.352 e. The maximum Gasteiger partial charge on any atom is 0.252 e. The fourth-order valence-corrected chi connectivity index (χ4v) is 6.56. The van der Waals surface area contributed by atoms with Gasteiger partial charge in [-0.15, -0.1) is 11.3 Å². The Balaban J connectivity index is 1.48. The summed E-state index contributed by atoms with van der Waals surface area (Å²) in [7, 11) is -3.40. The van der Waals surface area contributed by atoms with E-state index in [9.17, 15) is 8.42 Å². The van der Waals surface area contributed by atoms with Crippen molar-refractivity contribution >= 4 is 59.7 Å². The summed E-state index contributed by atoms with van der Waals surface area (Å²) in [5.41, 5.74) is 2.98. The van der Waals surface area contributed by atoms with Crippen LogP contribution in [0.15, 0.2) is 62.7 Å². The summed E-state index contributed by atoms with van der Waals surface area (Å²) in [6.45, 7) is 2.12. The van der Waals surface area contributed by atoms with Crippen LogP contribution in [-0.2, 0) is 10.0 Å². The van der Waals surface area contributed by atoms with Crippen molar-refractivity contribution in [1.82, 2.24) is 13.7 Å². The third kappa shape index (κ3) is 2.93. The van der Waals surface area contributed by atoms with Gasteiger partial charge in [0.15, 0.2) is 5.82 Å². The summed E-state index contributed by atoms with van der Waals surface area (Å²) < 4.78 is 30.6. The number of thiophene rings is 1. The van der Waals surface area contributed by atoms with Gasteiger partial charge < -0.3 is 9.30 Å². The molecule has 0 N–H and O–H groups in total. The molecule has 0 atom stereocenters. The Bertz CT molecular complexity index is 1260. The summed E-state index contributed by atoms with van der Waals surface area (Å²) in [6, 6.07) is 13.6. The minimum absolute atomic E-state index is 0.406. The smallest absolute Gasteiger partial charge is 0.252 e. The van der Waals surface area contributed by atoms with E-state index in [2.05, 4.69) is 37.4 Å². The summed E-state index contributed by atoms with van der Waals surface area (Å²) in [4.78, 5) is 7.08. The highest BCUT2D eigenvalue weighted by molar-refractivity contribution is 9.10. The van der Waals surface area contributed by atoms with Crippen molar-refractivity contribution in [1.29, 1.82) is 0 Å². The monoisotopic (exact) mass is 476 g/mol. The summed E-state index contributed by atoms with van der Waals surface area (Å²) in [5, 5.41) is 1.80. The maximum absolute atomic E-state index is 12.8. The topological polar surface area (TPSA) is 57.9 Å². The minimum atomic E-state index is -3.40. The first-order valence-corrected chi connectivity index (χ1v) is 12.0. The standard InChI is InChI=1S/C19H17BrN4O2S2/c20-14-5-6-16-15(13-14)21-19(17-3-1-7-24(16)17)22-8-10-23(11-9-22)28(25,26)18-4-2-12-27-18/h1-7,12-13H,8-11H2. The summed E-state index contributed by atoms with van der Waals surface area (Å²) in [5.74, 6) is 0.892. The first-order chi connectivity index (χ1) is 13.5. The molecule has 28 heavy (non-hydrogen) atoms. The van der Waals surface area contributed by atoms with E-state index in [1.54, 1.807) is 21.8 Å². The van der Waals surface area contributed by atoms with E-state index in [1.807, 2.05) is 24.4 Å². The van der Waals surface area contributed by atoms with E-state index in [-0.39, 0.29) is 0 Å². The van der Waals surface area contributed by atoms with Crippen LogP contribution < -0.4 is 4.90 Å². The first kappa shape index (κ1) is 18.1. The highest BCUT2D eigenvalue weighted by Gasteiger charge is 2.30. The molecule has 9 heteroatoms. The van der Waals surface area contributed by atoms with E-state index < -0.39 is 10.0 Å². The van der Waals surface area contributed by atoms with Gasteiger partial charge in [0.25, 0.3) is 10.0 Å². The fraction of sp³-hybridized carbons (Fsp3) is 0.211. The van der Waals surface area contributed by atoms with Crippen molar-refractivity contribution in [3.05, 3.63) is 58.5 Å². The highest BCUT2D eigenvalue weighted by atomic mass is 79.9. The first-order valence-electron chi connectivity index (χ1n) is 8.89. The van der Waals surface area contributed by atoms with Crippen LogP contribution in [0.3, 0.4) is 0 Å². The lowest BCUT2D eigenvalue weighted by atomic mass is 10.2. The van der Waals surface area contributed by atoms with Gasteiger partial charge >= 0.3 is 0 Å². The molecule has 4 heterocycles. The molecule has 3 aromatic heterocycles. The predicted molar refractivity (Wildman–Crippen MR) is 116 cm³/mol. The van der Waals surface area contributed by atoms with Gasteiger partial charge in [0.1, 0.15) is 4.21 Å². The molecule has 1 aromatic carbocycles. The molecular weight excluding hydrogens is 460 g/mol. The fourth-order valence-electron chi connectivity index (χ4n) is 3.64. The zero-order chi connectivity index (χ0) is 19.3. The lowest BCUT2D eigenvalue weighted by Crippen LogP contribution is -2.48. The van der Waals surface area contributed by atoms with Crippen LogP contribution in [0.2, 0.25) is 0 Å². The van der Waals surface area contributed by atoms with Gasteiger partial charge in [0.2, 0.25) is 0 Å². The van der Waals surface area contributed by atoms with E-state index in [4.69, 9.17) is 4.98 Å². The van der Waals surface area contributed by atoms with Gasteiger partial charge in [-0.1, -0.05) is 22.0 Å². The average Bonchev–Trinajstić information content (AvgIpc) is 3.39. The SMILES string of the molecule is O=S(=O)(c1cccs1)N1CCN(c2nc3cc(Br)ccc3n3cccc23)CC1. The molecule has 1 fully saturated rings. The van der Waals surface area contributed by atoms with Crippen LogP contribution in [0.25, 0.3) is 16.6 Å². The molecule has 0 spiro atoms. The number of hydrogen-bond acceptors (Lipinski definition) is 5. The Kier molecular flexibility index (Phi) is 4.42. The van der Waals surface area contributed by atoms with Crippen LogP contribution >= 0.6 is 27.3 Å². The molecule has 0 aliphatic carbocycles. The highest BCUT2D eigenvalue weighted by Crippen LogP contribution is 2.29. The van der Waals surface area contributed by atoms with Crippen molar-refractivity contribution in [3.63, 3.8) is 0 Å². The molecule has 0 amide bonds. The Hall–Kier alpha value is -1.94. The average molecular weight is 477 g/mol. The third-order valence-corrected chi connectivity index (χ3v) is 8.79. The van der Waals surface area contributed by atoms with Gasteiger partial charge in [-0.25, -0.2) is 13.4 Å². The van der Waals surface area contributed by atoms with Crippen molar-refractivity contribution in [2.75, 3.05) is 31.1 Å². The predicted octanol–water partition coefficient (Wildman–Crippen LogP) is 3.82. The van der Waals surface area contributed by atoms with Crippen molar-refractivity contribution < 1.29 is 8.42 Å². The molecule has 1 saturated heterocycles. The van der Waals surface area contributed by atoms with Gasteiger partial charge in [-0.05, 0) is 41.8 Å². The van der Waals surface area contributed by atoms with Crippen LogP contribution in [0.4, 0.5) is 5.82 Å². The molecule has 144 valence electrons. The zero-order valence-electron chi connectivity index (χ0n) is 14.8. The molecule has 0 unspecified atom stereocenters. The van der Waals surface area contributed by atoms with Gasteiger partial charge in [0, 0.05) is 36.8 Å². The Labute approximate surface area is 175 Å². The Morgan fingerprint density at radius 3 is 2.57 bits per heavy atom. The molecule has 5 rings (SSSR count). The number of rotatable bonds is 3. The van der Waals surface area contributed by atoms with Crippen LogP contribution in [0.1, 0.15) is 0 Å². The van der Waals surface area contributed by atoms with Crippen LogP contribution in [0, 0.1) is 0 Å². The van der Waals surface area contributed by atoms with Crippen molar-refractivity contribution in [2.45, 2.75) is 4.21 Å². The lowest BCUT2D eigenvalue weighted by molar-refractivity contribution is 0.385. The van der Waals surface area contributed by atoms with Crippen molar-refractivity contribution in [3.8, 4) is 0 Å². The molecule has 0 radical (unpaired) electrons. The number of anilines is 1. The molecule has 1 aliphatic heterocycles. The Morgan fingerprint density at radius 1 is 1.00 bits per heavy atom. The zero-order valence-corrected chi connectivity index (χ0v) is 18.0. The molecule has 4 aromatic rings. The second-order valence-corrected chi connectivity index (χ2v) is 10.7.